The Morgan fingerprint density at radius 2 is 1.94 bits per heavy atom. The van der Waals surface area contributed by atoms with Crippen molar-refractivity contribution >= 4 is 11.6 Å². The Balaban J connectivity index is 3.26. The van der Waals surface area contributed by atoms with Crippen LogP contribution in [-0.4, -0.2) is 24.5 Å². The van der Waals surface area contributed by atoms with Gasteiger partial charge in [0.15, 0.2) is 0 Å². The SMILES string of the molecule is CN(C)C(c1cc(Cl)ccc1F)C(C)(C)N. The molecule has 0 amide bonds. The van der Waals surface area contributed by atoms with Gasteiger partial charge in [0.25, 0.3) is 0 Å². The molecule has 1 aromatic carbocycles. The summed E-state index contributed by atoms with van der Waals surface area (Å²) in [5, 5.41) is 0.521. The molecule has 0 aromatic heterocycles. The third kappa shape index (κ3) is 2.94. The van der Waals surface area contributed by atoms with Gasteiger partial charge in [0.05, 0.1) is 6.04 Å². The van der Waals surface area contributed by atoms with Crippen molar-refractivity contribution < 1.29 is 4.39 Å². The minimum atomic E-state index is -0.547. The van der Waals surface area contributed by atoms with Gasteiger partial charge in [0, 0.05) is 16.1 Å². The number of hydrogen-bond acceptors (Lipinski definition) is 2. The second-order valence-electron chi connectivity index (χ2n) is 4.85. The topological polar surface area (TPSA) is 29.3 Å². The number of hydrogen-bond donors (Lipinski definition) is 1. The molecule has 16 heavy (non-hydrogen) atoms. The van der Waals surface area contributed by atoms with E-state index in [4.69, 9.17) is 17.3 Å². The monoisotopic (exact) mass is 244 g/mol. The Kier molecular flexibility index (Phi) is 3.94. The summed E-state index contributed by atoms with van der Waals surface area (Å²) in [5.74, 6) is -0.276. The molecule has 0 aliphatic heterocycles. The second kappa shape index (κ2) is 4.70. The Labute approximate surface area is 101 Å². The molecule has 1 atom stereocenters. The van der Waals surface area contributed by atoms with E-state index in [-0.39, 0.29) is 11.9 Å². The first-order valence-corrected chi connectivity index (χ1v) is 5.51. The summed E-state index contributed by atoms with van der Waals surface area (Å²) in [5.41, 5.74) is 6.07. The Bertz CT molecular complexity index is 372. The van der Waals surface area contributed by atoms with E-state index in [0.29, 0.717) is 10.6 Å². The van der Waals surface area contributed by atoms with E-state index in [1.54, 1.807) is 6.07 Å². The largest absolute Gasteiger partial charge is 0.324 e. The smallest absolute Gasteiger partial charge is 0.128 e. The maximum absolute atomic E-state index is 13.8. The molecule has 0 aliphatic rings. The summed E-state index contributed by atoms with van der Waals surface area (Å²) >= 11 is 5.89. The molecule has 0 bridgehead atoms. The summed E-state index contributed by atoms with van der Waals surface area (Å²) < 4.78 is 13.8. The second-order valence-corrected chi connectivity index (χ2v) is 5.29. The van der Waals surface area contributed by atoms with Crippen LogP contribution in [0.3, 0.4) is 0 Å². The molecular formula is C12H18ClFN2. The predicted octanol–water partition coefficient (Wildman–Crippen LogP) is 2.82. The third-order valence-electron chi connectivity index (χ3n) is 2.47. The standard InChI is InChI=1S/C12H18ClFN2/c1-12(2,15)11(16(3)4)9-7-8(13)5-6-10(9)14/h5-7,11H,15H2,1-4H3. The molecule has 4 heteroatoms. The van der Waals surface area contributed by atoms with E-state index in [9.17, 15) is 4.39 Å². The van der Waals surface area contributed by atoms with Crippen LogP contribution in [0.5, 0.6) is 0 Å². The normalized spacial score (nSPS) is 14.2. The first kappa shape index (κ1) is 13.4. The first-order chi connectivity index (χ1) is 7.23. The lowest BCUT2D eigenvalue weighted by Gasteiger charge is -2.36. The van der Waals surface area contributed by atoms with Crippen LogP contribution in [-0.2, 0) is 0 Å². The van der Waals surface area contributed by atoms with Crippen molar-refractivity contribution in [1.82, 2.24) is 4.90 Å². The number of likely N-dealkylation sites (N-methyl/N-ethyl adjacent to an activating group) is 1. The minimum Gasteiger partial charge on any atom is -0.324 e. The molecule has 0 saturated heterocycles. The number of halogens is 2. The highest BCUT2D eigenvalue weighted by Crippen LogP contribution is 2.31. The number of nitrogens with zero attached hydrogens (tertiary/aromatic N) is 1. The van der Waals surface area contributed by atoms with Gasteiger partial charge < -0.3 is 10.6 Å². The van der Waals surface area contributed by atoms with E-state index < -0.39 is 5.54 Å². The molecule has 1 unspecified atom stereocenters. The Morgan fingerprint density at radius 1 is 1.38 bits per heavy atom. The Morgan fingerprint density at radius 3 is 2.38 bits per heavy atom. The van der Waals surface area contributed by atoms with Gasteiger partial charge in [-0.25, -0.2) is 4.39 Å². The predicted molar refractivity (Wildman–Crippen MR) is 66.1 cm³/mol. The van der Waals surface area contributed by atoms with E-state index >= 15 is 0 Å². The molecule has 1 rings (SSSR count). The van der Waals surface area contributed by atoms with Gasteiger partial charge in [0.1, 0.15) is 5.82 Å². The summed E-state index contributed by atoms with van der Waals surface area (Å²) in [4.78, 5) is 1.90. The van der Waals surface area contributed by atoms with Gasteiger partial charge in [0.2, 0.25) is 0 Å². The fourth-order valence-electron chi connectivity index (χ4n) is 2.07. The van der Waals surface area contributed by atoms with Crippen LogP contribution in [0.2, 0.25) is 5.02 Å². The highest BCUT2D eigenvalue weighted by Gasteiger charge is 2.30. The average Bonchev–Trinajstić information content (AvgIpc) is 2.08. The van der Waals surface area contributed by atoms with Crippen molar-refractivity contribution in [2.24, 2.45) is 5.73 Å². The fraction of sp³-hybridized carbons (Fsp3) is 0.500. The van der Waals surface area contributed by atoms with Crippen molar-refractivity contribution in [1.29, 1.82) is 0 Å². The number of benzene rings is 1. The highest BCUT2D eigenvalue weighted by atomic mass is 35.5. The lowest BCUT2D eigenvalue weighted by Crippen LogP contribution is -2.46. The van der Waals surface area contributed by atoms with Gasteiger partial charge in [-0.1, -0.05) is 11.6 Å². The quantitative estimate of drug-likeness (QED) is 0.886. The van der Waals surface area contributed by atoms with E-state index in [2.05, 4.69) is 0 Å². The van der Waals surface area contributed by atoms with E-state index in [1.807, 2.05) is 32.8 Å². The molecule has 0 spiro atoms. The summed E-state index contributed by atoms with van der Waals surface area (Å²) in [6, 6.07) is 4.33. The molecule has 2 N–H and O–H groups in total. The van der Waals surface area contributed by atoms with Gasteiger partial charge in [-0.15, -0.1) is 0 Å². The zero-order valence-electron chi connectivity index (χ0n) is 10.1. The van der Waals surface area contributed by atoms with Crippen LogP contribution in [0.1, 0.15) is 25.5 Å². The summed E-state index contributed by atoms with van der Waals surface area (Å²) in [6.45, 7) is 3.75. The number of rotatable bonds is 3. The maximum Gasteiger partial charge on any atom is 0.128 e. The average molecular weight is 245 g/mol. The van der Waals surface area contributed by atoms with Crippen LogP contribution in [0.15, 0.2) is 18.2 Å². The van der Waals surface area contributed by atoms with Crippen molar-refractivity contribution in [3.63, 3.8) is 0 Å². The molecule has 1 aromatic rings. The molecule has 0 heterocycles. The summed E-state index contributed by atoms with van der Waals surface area (Å²) in [6.07, 6.45) is 0. The molecular weight excluding hydrogens is 227 g/mol. The van der Waals surface area contributed by atoms with Gasteiger partial charge in [-0.3, -0.25) is 0 Å². The van der Waals surface area contributed by atoms with Crippen LogP contribution in [0.4, 0.5) is 4.39 Å². The van der Waals surface area contributed by atoms with Crippen molar-refractivity contribution in [3.05, 3.63) is 34.6 Å². The molecule has 0 saturated carbocycles. The summed E-state index contributed by atoms with van der Waals surface area (Å²) in [7, 11) is 3.75. The van der Waals surface area contributed by atoms with E-state index in [0.717, 1.165) is 0 Å². The number of nitrogens with two attached hydrogens (primary N) is 1. The lowest BCUT2D eigenvalue weighted by molar-refractivity contribution is 0.200. The molecule has 0 radical (unpaired) electrons. The zero-order chi connectivity index (χ0) is 12.5. The van der Waals surface area contributed by atoms with Crippen LogP contribution in [0, 0.1) is 5.82 Å². The molecule has 0 fully saturated rings. The zero-order valence-corrected chi connectivity index (χ0v) is 10.8. The van der Waals surface area contributed by atoms with Crippen molar-refractivity contribution in [2.75, 3.05) is 14.1 Å². The van der Waals surface area contributed by atoms with Crippen LogP contribution < -0.4 is 5.73 Å². The molecule has 2 nitrogen and oxygen atoms in total. The van der Waals surface area contributed by atoms with Crippen LogP contribution >= 0.6 is 11.6 Å². The van der Waals surface area contributed by atoms with Gasteiger partial charge >= 0.3 is 0 Å². The molecule has 90 valence electrons. The first-order valence-electron chi connectivity index (χ1n) is 5.13. The highest BCUT2D eigenvalue weighted by molar-refractivity contribution is 6.30. The van der Waals surface area contributed by atoms with Gasteiger partial charge in [-0.05, 0) is 46.1 Å². The Hall–Kier alpha value is -0.640. The maximum atomic E-state index is 13.8. The van der Waals surface area contributed by atoms with E-state index in [1.165, 1.54) is 12.1 Å². The molecule has 0 aliphatic carbocycles. The van der Waals surface area contributed by atoms with Gasteiger partial charge in [-0.2, -0.15) is 0 Å². The lowest BCUT2D eigenvalue weighted by atomic mass is 9.88. The minimum absolute atomic E-state index is 0.216. The third-order valence-corrected chi connectivity index (χ3v) is 2.71. The van der Waals surface area contributed by atoms with Crippen molar-refractivity contribution in [2.45, 2.75) is 25.4 Å². The fourth-order valence-corrected chi connectivity index (χ4v) is 2.25. The van der Waals surface area contributed by atoms with Crippen molar-refractivity contribution in [3.8, 4) is 0 Å². The van der Waals surface area contributed by atoms with Crippen LogP contribution in [0.25, 0.3) is 0 Å².